The maximum Gasteiger partial charge on any atom is 0.242 e. The third-order valence-corrected chi connectivity index (χ3v) is 6.08. The molecule has 4 heteroatoms. The molecular weight excluding hydrogens is 386 g/mol. The van der Waals surface area contributed by atoms with E-state index >= 15 is 0 Å². The van der Waals surface area contributed by atoms with Gasteiger partial charge in [-0.1, -0.05) is 30.3 Å². The molecule has 0 N–H and O–H groups in total. The Labute approximate surface area is 185 Å². The largest absolute Gasteiger partial charge is 0.544 e. The lowest BCUT2D eigenvalue weighted by Gasteiger charge is -2.30. The molecule has 0 aliphatic rings. The summed E-state index contributed by atoms with van der Waals surface area (Å²) in [4.78, 5) is 2.57. The maximum absolute atomic E-state index is 6.27. The molecule has 0 unspecified atom stereocenters. The van der Waals surface area contributed by atoms with Crippen LogP contribution in [0.5, 0.6) is 5.75 Å². The van der Waals surface area contributed by atoms with Crippen molar-refractivity contribution in [2.45, 2.75) is 78.9 Å². The van der Waals surface area contributed by atoms with Crippen molar-refractivity contribution >= 4 is 8.32 Å². The number of benzene rings is 2. The molecule has 2 aromatic carbocycles. The summed E-state index contributed by atoms with van der Waals surface area (Å²) < 4.78 is 11.7. The number of hydrogen-bond donors (Lipinski definition) is 0. The second-order valence-corrected chi connectivity index (χ2v) is 14.1. The van der Waals surface area contributed by atoms with Crippen LogP contribution in [0.3, 0.4) is 0 Å². The molecule has 166 valence electrons. The fourth-order valence-electron chi connectivity index (χ4n) is 3.94. The molecule has 0 fully saturated rings. The number of methoxy groups -OCH3 is 1. The molecule has 0 heterocycles. The summed E-state index contributed by atoms with van der Waals surface area (Å²) in [6.45, 7) is 17.5. The van der Waals surface area contributed by atoms with Gasteiger partial charge in [-0.05, 0) is 95.5 Å². The highest BCUT2D eigenvalue weighted by Crippen LogP contribution is 2.29. The van der Waals surface area contributed by atoms with Crippen LogP contribution < -0.4 is 4.43 Å². The van der Waals surface area contributed by atoms with Gasteiger partial charge in [0.1, 0.15) is 5.75 Å². The van der Waals surface area contributed by atoms with Gasteiger partial charge in [0.05, 0.1) is 6.61 Å². The van der Waals surface area contributed by atoms with E-state index in [0.717, 1.165) is 24.3 Å². The van der Waals surface area contributed by atoms with E-state index in [4.69, 9.17) is 9.16 Å². The number of rotatable bonds is 11. The van der Waals surface area contributed by atoms with Crippen molar-refractivity contribution in [2.24, 2.45) is 0 Å². The van der Waals surface area contributed by atoms with E-state index in [-0.39, 0.29) is 0 Å². The Morgan fingerprint density at radius 2 is 1.57 bits per heavy atom. The molecular formula is C26H41NO2Si. The molecule has 0 aromatic heterocycles. The molecule has 30 heavy (non-hydrogen) atoms. The summed E-state index contributed by atoms with van der Waals surface area (Å²) >= 11 is 0. The van der Waals surface area contributed by atoms with Crippen LogP contribution >= 0.6 is 0 Å². The average molecular weight is 428 g/mol. The second-order valence-electron chi connectivity index (χ2n) is 9.70. The van der Waals surface area contributed by atoms with Gasteiger partial charge in [0.15, 0.2) is 0 Å². The van der Waals surface area contributed by atoms with Gasteiger partial charge < -0.3 is 9.16 Å². The minimum atomic E-state index is -1.66. The second kappa shape index (κ2) is 11.1. The Bertz CT molecular complexity index is 788. The van der Waals surface area contributed by atoms with Crippen molar-refractivity contribution < 1.29 is 9.16 Å². The van der Waals surface area contributed by atoms with Crippen LogP contribution in [0.1, 0.15) is 45.2 Å². The topological polar surface area (TPSA) is 21.7 Å². The third kappa shape index (κ3) is 7.57. The minimum absolute atomic E-state index is 0.563. The summed E-state index contributed by atoms with van der Waals surface area (Å²) in [6.07, 6.45) is 2.28. The van der Waals surface area contributed by atoms with Gasteiger partial charge in [-0.2, -0.15) is 0 Å². The van der Waals surface area contributed by atoms with Crippen molar-refractivity contribution in [1.29, 1.82) is 0 Å². The highest BCUT2D eigenvalue weighted by Gasteiger charge is 2.19. The van der Waals surface area contributed by atoms with Crippen LogP contribution in [0.15, 0.2) is 42.5 Å². The molecule has 0 bridgehead atoms. The van der Waals surface area contributed by atoms with E-state index in [2.05, 4.69) is 94.7 Å². The summed E-state index contributed by atoms with van der Waals surface area (Å²) in [7, 11) is 0.0750. The summed E-state index contributed by atoms with van der Waals surface area (Å²) in [5, 5.41) is 0. The van der Waals surface area contributed by atoms with E-state index < -0.39 is 8.32 Å². The minimum Gasteiger partial charge on any atom is -0.544 e. The van der Waals surface area contributed by atoms with Crippen molar-refractivity contribution in [3.63, 3.8) is 0 Å². The van der Waals surface area contributed by atoms with Crippen LogP contribution in [0.4, 0.5) is 0 Å². The molecule has 2 aromatic rings. The van der Waals surface area contributed by atoms with Crippen molar-refractivity contribution in [3.8, 4) is 16.9 Å². The standard InChI is InChI=1S/C26H41NO2Si/c1-20(2)27(21(3)4)16-10-12-22-11-9-13-23(17-22)24-14-15-26(29-30(6,7)8)25(18-24)19-28-5/h9,11,13-15,17-18,20-21H,10,12,16,19H2,1-8H3. The first-order valence-electron chi connectivity index (χ1n) is 11.3. The van der Waals surface area contributed by atoms with Gasteiger partial charge in [0.25, 0.3) is 0 Å². The van der Waals surface area contributed by atoms with Crippen LogP contribution in [-0.2, 0) is 17.8 Å². The lowest BCUT2D eigenvalue weighted by molar-refractivity contribution is 0.173. The Morgan fingerprint density at radius 1 is 0.900 bits per heavy atom. The van der Waals surface area contributed by atoms with E-state index in [1.807, 2.05) is 0 Å². The summed E-state index contributed by atoms with van der Waals surface area (Å²) in [6, 6.07) is 16.6. The molecule has 0 aliphatic carbocycles. The Morgan fingerprint density at radius 3 is 2.17 bits per heavy atom. The van der Waals surface area contributed by atoms with Crippen molar-refractivity contribution in [1.82, 2.24) is 4.90 Å². The third-order valence-electron chi connectivity index (χ3n) is 5.25. The first kappa shape index (κ1) is 24.6. The Balaban J connectivity index is 2.15. The summed E-state index contributed by atoms with van der Waals surface area (Å²) in [5.74, 6) is 0.957. The normalized spacial score (nSPS) is 12.2. The maximum atomic E-state index is 6.27. The zero-order valence-electron chi connectivity index (χ0n) is 20.3. The van der Waals surface area contributed by atoms with Crippen LogP contribution in [0.25, 0.3) is 11.1 Å². The molecule has 0 amide bonds. The van der Waals surface area contributed by atoms with Gasteiger partial charge >= 0.3 is 0 Å². The van der Waals surface area contributed by atoms with Gasteiger partial charge in [-0.25, -0.2) is 0 Å². The number of ether oxygens (including phenoxy) is 1. The van der Waals surface area contributed by atoms with E-state index in [0.29, 0.717) is 18.7 Å². The van der Waals surface area contributed by atoms with Gasteiger partial charge in [-0.3, -0.25) is 4.90 Å². The van der Waals surface area contributed by atoms with Crippen LogP contribution in [-0.4, -0.2) is 39.0 Å². The Hall–Kier alpha value is -1.62. The first-order valence-corrected chi connectivity index (χ1v) is 14.7. The molecule has 0 saturated heterocycles. The fourth-order valence-corrected chi connectivity index (χ4v) is 4.80. The van der Waals surface area contributed by atoms with Gasteiger partial charge in [0, 0.05) is 24.8 Å². The predicted octanol–water partition coefficient (Wildman–Crippen LogP) is 6.77. The van der Waals surface area contributed by atoms with Crippen molar-refractivity contribution in [3.05, 3.63) is 53.6 Å². The van der Waals surface area contributed by atoms with E-state index in [1.54, 1.807) is 7.11 Å². The lowest BCUT2D eigenvalue weighted by Crippen LogP contribution is -2.37. The Kier molecular flexibility index (Phi) is 9.14. The SMILES string of the molecule is COCc1cc(-c2cccc(CCCN(C(C)C)C(C)C)c2)ccc1O[Si](C)(C)C. The van der Waals surface area contributed by atoms with E-state index in [9.17, 15) is 0 Å². The lowest BCUT2D eigenvalue weighted by atomic mass is 9.99. The molecule has 2 rings (SSSR count). The molecule has 0 saturated carbocycles. The molecule has 0 spiro atoms. The summed E-state index contributed by atoms with van der Waals surface area (Å²) in [5.41, 5.74) is 5.00. The molecule has 0 aliphatic heterocycles. The highest BCUT2D eigenvalue weighted by atomic mass is 28.4. The smallest absolute Gasteiger partial charge is 0.242 e. The number of hydrogen-bond acceptors (Lipinski definition) is 3. The fraction of sp³-hybridized carbons (Fsp3) is 0.538. The zero-order valence-corrected chi connectivity index (χ0v) is 21.3. The quantitative estimate of drug-likeness (QED) is 0.370. The van der Waals surface area contributed by atoms with Gasteiger partial charge in [0.2, 0.25) is 8.32 Å². The zero-order chi connectivity index (χ0) is 22.3. The average Bonchev–Trinajstić information content (AvgIpc) is 2.65. The van der Waals surface area contributed by atoms with Crippen LogP contribution in [0.2, 0.25) is 19.6 Å². The molecule has 0 atom stereocenters. The van der Waals surface area contributed by atoms with Crippen molar-refractivity contribution in [2.75, 3.05) is 13.7 Å². The van der Waals surface area contributed by atoms with E-state index in [1.165, 1.54) is 23.1 Å². The van der Waals surface area contributed by atoms with Crippen LogP contribution in [0, 0.1) is 0 Å². The van der Waals surface area contributed by atoms with Gasteiger partial charge in [-0.15, -0.1) is 0 Å². The molecule has 0 radical (unpaired) electrons. The predicted molar refractivity (Wildman–Crippen MR) is 132 cm³/mol. The first-order chi connectivity index (χ1) is 14.1. The number of nitrogens with zero attached hydrogens (tertiary/aromatic N) is 1. The number of aryl methyl sites for hydroxylation is 1. The monoisotopic (exact) mass is 427 g/mol. The highest BCUT2D eigenvalue weighted by molar-refractivity contribution is 6.70. The molecule has 3 nitrogen and oxygen atoms in total.